The number of halogens is 2. The molecule has 2 amide bonds. The van der Waals surface area contributed by atoms with E-state index in [4.69, 9.17) is 23.2 Å². The van der Waals surface area contributed by atoms with Gasteiger partial charge in [0.1, 0.15) is 0 Å². The van der Waals surface area contributed by atoms with E-state index in [0.717, 1.165) is 4.31 Å². The van der Waals surface area contributed by atoms with E-state index in [1.807, 2.05) is 0 Å². The fraction of sp³-hybridized carbons (Fsp3) is 0.333. The summed E-state index contributed by atoms with van der Waals surface area (Å²) in [5, 5.41) is 0.304. The summed E-state index contributed by atoms with van der Waals surface area (Å²) in [5.41, 5.74) is 0.628. The van der Waals surface area contributed by atoms with Crippen LogP contribution in [0, 0.1) is 0 Å². The first-order chi connectivity index (χ1) is 8.90. The third-order valence-electron chi connectivity index (χ3n) is 2.84. The average molecular weight is 320 g/mol. The first-order valence-corrected chi connectivity index (χ1v) is 7.55. The number of amides is 2. The Bertz CT molecular complexity index is 501. The van der Waals surface area contributed by atoms with Gasteiger partial charge < -0.3 is 4.55 Å². The van der Waals surface area contributed by atoms with Crippen molar-refractivity contribution in [1.82, 2.24) is 4.31 Å². The Morgan fingerprint density at radius 2 is 1.63 bits per heavy atom. The predicted molar refractivity (Wildman–Crippen MR) is 74.1 cm³/mol. The Morgan fingerprint density at radius 3 is 2.11 bits per heavy atom. The van der Waals surface area contributed by atoms with Crippen molar-refractivity contribution in [3.05, 3.63) is 33.8 Å². The molecule has 0 aliphatic carbocycles. The molecule has 1 aliphatic rings. The molecule has 1 saturated heterocycles. The van der Waals surface area contributed by atoms with E-state index in [1.165, 1.54) is 0 Å². The number of hydrogen-bond donors (Lipinski definition) is 0. The summed E-state index contributed by atoms with van der Waals surface area (Å²) in [7, 11) is 0. The van der Waals surface area contributed by atoms with Crippen LogP contribution in [0.1, 0.15) is 30.6 Å². The number of imide groups is 1. The van der Waals surface area contributed by atoms with Gasteiger partial charge in [0.15, 0.2) is 5.25 Å². The van der Waals surface area contributed by atoms with Gasteiger partial charge in [-0.3, -0.25) is 9.59 Å². The number of nitrogens with zero attached hydrogens (tertiary/aromatic N) is 1. The van der Waals surface area contributed by atoms with Crippen molar-refractivity contribution in [1.29, 1.82) is 0 Å². The number of rotatable bonds is 3. The van der Waals surface area contributed by atoms with Crippen molar-refractivity contribution in [2.24, 2.45) is 0 Å². The van der Waals surface area contributed by atoms with Gasteiger partial charge in [0, 0.05) is 28.5 Å². The lowest BCUT2D eigenvalue weighted by Crippen LogP contribution is -2.38. The third-order valence-corrected chi connectivity index (χ3v) is 4.92. The van der Waals surface area contributed by atoms with Crippen molar-refractivity contribution < 1.29 is 14.1 Å². The maximum absolute atomic E-state index is 12.3. The fourth-order valence-electron chi connectivity index (χ4n) is 1.84. The highest BCUT2D eigenvalue weighted by Gasteiger charge is 2.41. The minimum absolute atomic E-state index is 0.119. The predicted octanol–water partition coefficient (Wildman–Crippen LogP) is 2.87. The molecular formula is C12H11Cl2NO3S. The average Bonchev–Trinajstić information content (AvgIpc) is 2.66. The van der Waals surface area contributed by atoms with E-state index in [1.54, 1.807) is 25.1 Å². The summed E-state index contributed by atoms with van der Waals surface area (Å²) in [6.07, 6.45) is 0.237. The summed E-state index contributed by atoms with van der Waals surface area (Å²) in [5.74, 6) is -0.799. The van der Waals surface area contributed by atoms with Crippen LogP contribution in [0.3, 0.4) is 0 Å². The molecule has 1 aromatic rings. The van der Waals surface area contributed by atoms with Crippen molar-refractivity contribution in [3.8, 4) is 0 Å². The van der Waals surface area contributed by atoms with Crippen LogP contribution >= 0.6 is 23.2 Å². The van der Waals surface area contributed by atoms with Crippen LogP contribution < -0.4 is 0 Å². The van der Waals surface area contributed by atoms with Crippen molar-refractivity contribution >= 4 is 46.4 Å². The van der Waals surface area contributed by atoms with Crippen LogP contribution in [0.25, 0.3) is 0 Å². The Balaban J connectivity index is 2.25. The fourth-order valence-corrected chi connectivity index (χ4v) is 3.65. The van der Waals surface area contributed by atoms with E-state index in [0.29, 0.717) is 15.6 Å². The molecule has 1 aliphatic heterocycles. The largest absolute Gasteiger partial charge is 0.592 e. The van der Waals surface area contributed by atoms with E-state index in [-0.39, 0.29) is 12.8 Å². The van der Waals surface area contributed by atoms with E-state index < -0.39 is 28.4 Å². The van der Waals surface area contributed by atoms with E-state index >= 15 is 0 Å². The molecule has 4 nitrogen and oxygen atoms in total. The second-order valence-corrected chi connectivity index (χ2v) is 6.70. The molecule has 0 saturated carbocycles. The number of benzene rings is 1. The minimum atomic E-state index is -1.75. The van der Waals surface area contributed by atoms with Gasteiger partial charge in [-0.2, -0.15) is 0 Å². The lowest BCUT2D eigenvalue weighted by atomic mass is 10.2. The molecule has 1 heterocycles. The molecular weight excluding hydrogens is 309 g/mol. The Kier molecular flexibility index (Phi) is 4.40. The second-order valence-electron chi connectivity index (χ2n) is 4.20. The number of hydrogen-bond acceptors (Lipinski definition) is 3. The molecule has 2 atom stereocenters. The summed E-state index contributed by atoms with van der Waals surface area (Å²) in [4.78, 5) is 23.1. The van der Waals surface area contributed by atoms with E-state index in [2.05, 4.69) is 0 Å². The molecule has 0 bridgehead atoms. The van der Waals surface area contributed by atoms with Crippen LogP contribution in [-0.2, 0) is 21.0 Å². The molecule has 102 valence electrons. The topological polar surface area (TPSA) is 60.4 Å². The minimum Gasteiger partial charge on any atom is -0.592 e. The van der Waals surface area contributed by atoms with Crippen LogP contribution in [0.5, 0.6) is 0 Å². The Labute approximate surface area is 124 Å². The normalized spacial score (nSPS) is 18.8. The lowest BCUT2D eigenvalue weighted by molar-refractivity contribution is -0.132. The Morgan fingerprint density at radius 1 is 1.16 bits per heavy atom. The quantitative estimate of drug-likeness (QED) is 0.635. The zero-order valence-corrected chi connectivity index (χ0v) is 12.4. The number of carbonyl (C=O) groups is 2. The van der Waals surface area contributed by atoms with Crippen LogP contribution in [0.2, 0.25) is 10.0 Å². The van der Waals surface area contributed by atoms with Crippen molar-refractivity contribution in [2.75, 3.05) is 0 Å². The van der Waals surface area contributed by atoms with Crippen LogP contribution in [0.4, 0.5) is 0 Å². The van der Waals surface area contributed by atoms with Gasteiger partial charge in [-0.1, -0.05) is 27.5 Å². The smallest absolute Gasteiger partial charge is 0.273 e. The molecule has 0 spiro atoms. The molecule has 19 heavy (non-hydrogen) atoms. The summed E-state index contributed by atoms with van der Waals surface area (Å²) in [6.45, 7) is 1.66. The monoisotopic (exact) mass is 319 g/mol. The maximum Gasteiger partial charge on any atom is 0.273 e. The molecule has 1 fully saturated rings. The van der Waals surface area contributed by atoms with Gasteiger partial charge in [0.25, 0.3) is 11.8 Å². The SMILES string of the molecule is CC(c1cc(Cl)cc(Cl)c1)[S+]([O-])N1C(=O)CCC1=O. The summed E-state index contributed by atoms with van der Waals surface area (Å²) >= 11 is 10.0. The van der Waals surface area contributed by atoms with Gasteiger partial charge in [0.2, 0.25) is 0 Å². The van der Waals surface area contributed by atoms with Crippen molar-refractivity contribution in [3.63, 3.8) is 0 Å². The zero-order valence-electron chi connectivity index (χ0n) is 10.1. The molecule has 1 aromatic carbocycles. The molecule has 2 unspecified atom stereocenters. The van der Waals surface area contributed by atoms with Crippen LogP contribution in [0.15, 0.2) is 18.2 Å². The van der Waals surface area contributed by atoms with Gasteiger partial charge >= 0.3 is 0 Å². The Hall–Kier alpha value is -0.750. The molecule has 0 aromatic heterocycles. The van der Waals surface area contributed by atoms with Crippen LogP contribution in [-0.4, -0.2) is 20.7 Å². The van der Waals surface area contributed by atoms with E-state index in [9.17, 15) is 14.1 Å². The molecule has 7 heteroatoms. The summed E-state index contributed by atoms with van der Waals surface area (Å²) in [6, 6.07) is 4.82. The van der Waals surface area contributed by atoms with Gasteiger partial charge in [-0.15, -0.1) is 0 Å². The highest BCUT2D eigenvalue weighted by atomic mass is 35.5. The highest BCUT2D eigenvalue weighted by Crippen LogP contribution is 2.32. The standard InChI is InChI=1S/C12H11Cl2NO3S/c1-7(8-4-9(13)6-10(14)5-8)19(18)15-11(16)2-3-12(15)17/h4-7H,2-3H2,1H3. The highest BCUT2D eigenvalue weighted by molar-refractivity contribution is 7.90. The molecule has 2 rings (SSSR count). The first kappa shape index (κ1) is 14.7. The lowest BCUT2D eigenvalue weighted by Gasteiger charge is -2.23. The summed E-state index contributed by atoms with van der Waals surface area (Å²) < 4.78 is 13.1. The van der Waals surface area contributed by atoms with Crippen molar-refractivity contribution in [2.45, 2.75) is 25.0 Å². The van der Waals surface area contributed by atoms with Gasteiger partial charge in [-0.05, 0) is 25.1 Å². The molecule has 0 N–H and O–H groups in total. The zero-order chi connectivity index (χ0) is 14.2. The van der Waals surface area contributed by atoms with Gasteiger partial charge in [-0.25, -0.2) is 0 Å². The third kappa shape index (κ3) is 3.05. The molecule has 0 radical (unpaired) electrons. The van der Waals surface area contributed by atoms with Gasteiger partial charge in [0.05, 0.1) is 11.4 Å². The maximum atomic E-state index is 12.3. The number of carbonyl (C=O) groups excluding carboxylic acids is 2. The second kappa shape index (κ2) is 5.71. The first-order valence-electron chi connectivity index (χ1n) is 5.62.